The van der Waals surface area contributed by atoms with Gasteiger partial charge in [0.05, 0.1) is 11.0 Å². The van der Waals surface area contributed by atoms with Gasteiger partial charge >= 0.3 is 0 Å². The van der Waals surface area contributed by atoms with Crippen molar-refractivity contribution >= 4 is 22.8 Å². The average Bonchev–Trinajstić information content (AvgIpc) is 2.99. The minimum absolute atomic E-state index is 0.122. The van der Waals surface area contributed by atoms with Gasteiger partial charge in [-0.1, -0.05) is 12.1 Å². The molecule has 1 aliphatic rings. The van der Waals surface area contributed by atoms with Crippen LogP contribution in [0.5, 0.6) is 0 Å². The number of hydrazine groups is 1. The quantitative estimate of drug-likeness (QED) is 0.463. The maximum atomic E-state index is 12.1. The smallest absolute Gasteiger partial charge is 0.241 e. The molecule has 1 aliphatic heterocycles. The number of nitrogens with one attached hydrogen (secondary N) is 4. The molecular formula is C18H26N6O3. The Labute approximate surface area is 157 Å². The highest BCUT2D eigenvalue weighted by molar-refractivity contribution is 5.83. The summed E-state index contributed by atoms with van der Waals surface area (Å²) in [5, 5.41) is 14.5. The molecule has 2 atom stereocenters. The number of amides is 2. The molecule has 0 saturated carbocycles. The molecule has 0 aliphatic carbocycles. The lowest BCUT2D eigenvalue weighted by atomic mass is 10.1. The fourth-order valence-corrected chi connectivity index (χ4v) is 3.24. The largest absolute Gasteiger partial charge is 0.360 e. The normalized spacial score (nSPS) is 20.1. The van der Waals surface area contributed by atoms with E-state index in [0.717, 1.165) is 16.9 Å². The number of aromatic nitrogens is 2. The highest BCUT2D eigenvalue weighted by atomic mass is 16.3. The topological polar surface area (TPSA) is 120 Å². The van der Waals surface area contributed by atoms with E-state index in [1.54, 1.807) is 0 Å². The fraction of sp³-hybridized carbons (Fsp3) is 0.500. The number of hydrogen-bond acceptors (Lipinski definition) is 6. The summed E-state index contributed by atoms with van der Waals surface area (Å²) in [5.74, 6) is 0.487. The van der Waals surface area contributed by atoms with Crippen LogP contribution in [0, 0.1) is 0 Å². The summed E-state index contributed by atoms with van der Waals surface area (Å²) in [4.78, 5) is 28.4. The van der Waals surface area contributed by atoms with Crippen LogP contribution < -0.4 is 21.5 Å². The highest BCUT2D eigenvalue weighted by Crippen LogP contribution is 2.21. The lowest BCUT2D eigenvalue weighted by Gasteiger charge is -2.27. The lowest BCUT2D eigenvalue weighted by Crippen LogP contribution is -2.65. The summed E-state index contributed by atoms with van der Waals surface area (Å²) in [6.45, 7) is 4.71. The van der Waals surface area contributed by atoms with Gasteiger partial charge in [-0.05, 0) is 32.4 Å². The Morgan fingerprint density at radius 1 is 1.33 bits per heavy atom. The zero-order valence-corrected chi connectivity index (χ0v) is 15.5. The van der Waals surface area contributed by atoms with Gasteiger partial charge < -0.3 is 20.3 Å². The maximum absolute atomic E-state index is 12.1. The van der Waals surface area contributed by atoms with Crippen LogP contribution in [0.15, 0.2) is 24.3 Å². The van der Waals surface area contributed by atoms with E-state index in [1.807, 2.05) is 18.2 Å². The van der Waals surface area contributed by atoms with Crippen LogP contribution in [-0.2, 0) is 16.0 Å². The van der Waals surface area contributed by atoms with Crippen LogP contribution in [0.2, 0.25) is 0 Å². The second kappa shape index (κ2) is 8.47. The number of para-hydroxylation sites is 2. The summed E-state index contributed by atoms with van der Waals surface area (Å²) in [5.41, 5.74) is 7.25. The molecule has 2 unspecified atom stereocenters. The van der Waals surface area contributed by atoms with Crippen LogP contribution in [-0.4, -0.2) is 45.4 Å². The van der Waals surface area contributed by atoms with Gasteiger partial charge in [-0.15, -0.1) is 0 Å². The standard InChI is InChI=1S/C18H26N6O3/c1-11(2)24-14-6-4-3-5-12(14)20-15(24)9-10-19-16(25)8-7-13-17(26)21-18(27)23-22-13/h3-6,11,13,18,22-23,27H,7-10H2,1-2H3,(H,19,25)(H,21,26). The molecule has 1 aromatic heterocycles. The Morgan fingerprint density at radius 2 is 2.11 bits per heavy atom. The third-order valence-electron chi connectivity index (χ3n) is 4.51. The number of benzene rings is 1. The summed E-state index contributed by atoms with van der Waals surface area (Å²) in [6, 6.07) is 7.74. The Kier molecular flexibility index (Phi) is 6.04. The number of aliphatic hydroxyl groups excluding tert-OH is 1. The zero-order chi connectivity index (χ0) is 19.4. The maximum Gasteiger partial charge on any atom is 0.241 e. The molecule has 2 amide bonds. The SMILES string of the molecule is CC(C)n1c(CCNC(=O)CCC2NNC(O)NC2=O)nc2ccccc21. The second-order valence-electron chi connectivity index (χ2n) is 6.87. The van der Waals surface area contributed by atoms with Crippen molar-refractivity contribution in [3.05, 3.63) is 30.1 Å². The zero-order valence-electron chi connectivity index (χ0n) is 15.5. The molecule has 27 heavy (non-hydrogen) atoms. The number of nitrogens with zero attached hydrogens (tertiary/aromatic N) is 2. The van der Waals surface area contributed by atoms with Gasteiger partial charge in [-0.25, -0.2) is 15.8 Å². The molecule has 1 fully saturated rings. The molecule has 2 heterocycles. The molecule has 3 rings (SSSR count). The Bertz CT molecular complexity index is 819. The molecule has 9 nitrogen and oxygen atoms in total. The first-order valence-electron chi connectivity index (χ1n) is 9.17. The van der Waals surface area contributed by atoms with Crippen molar-refractivity contribution in [2.75, 3.05) is 6.54 Å². The van der Waals surface area contributed by atoms with Gasteiger partial charge in [0.1, 0.15) is 11.9 Å². The van der Waals surface area contributed by atoms with Crippen molar-refractivity contribution in [2.24, 2.45) is 0 Å². The Morgan fingerprint density at radius 3 is 2.85 bits per heavy atom. The molecule has 1 saturated heterocycles. The van der Waals surface area contributed by atoms with E-state index in [2.05, 4.69) is 51.0 Å². The van der Waals surface area contributed by atoms with Gasteiger partial charge in [0.2, 0.25) is 11.8 Å². The van der Waals surface area contributed by atoms with E-state index < -0.39 is 12.4 Å². The van der Waals surface area contributed by atoms with E-state index in [0.29, 0.717) is 19.4 Å². The van der Waals surface area contributed by atoms with E-state index in [1.165, 1.54) is 0 Å². The number of aliphatic hydroxyl groups is 1. The predicted octanol–water partition coefficient (Wildman–Crippen LogP) is -0.0754. The monoisotopic (exact) mass is 374 g/mol. The van der Waals surface area contributed by atoms with Crippen LogP contribution in [0.3, 0.4) is 0 Å². The van der Waals surface area contributed by atoms with Crippen molar-refractivity contribution < 1.29 is 14.7 Å². The third kappa shape index (κ3) is 4.62. The minimum atomic E-state index is -1.11. The van der Waals surface area contributed by atoms with E-state index in [4.69, 9.17) is 0 Å². The first-order valence-corrected chi connectivity index (χ1v) is 9.17. The second-order valence-corrected chi connectivity index (χ2v) is 6.87. The Balaban J connectivity index is 1.50. The lowest BCUT2D eigenvalue weighted by molar-refractivity contribution is -0.132. The predicted molar refractivity (Wildman–Crippen MR) is 100 cm³/mol. The number of carbonyl (C=O) groups is 2. The van der Waals surface area contributed by atoms with Crippen molar-refractivity contribution in [3.63, 3.8) is 0 Å². The summed E-state index contributed by atoms with van der Waals surface area (Å²) in [7, 11) is 0. The first-order chi connectivity index (χ1) is 13.0. The van der Waals surface area contributed by atoms with E-state index in [-0.39, 0.29) is 24.3 Å². The Hall–Kier alpha value is -2.49. The molecular weight excluding hydrogens is 348 g/mol. The number of carbonyl (C=O) groups excluding carboxylic acids is 2. The minimum Gasteiger partial charge on any atom is -0.360 e. The number of rotatable bonds is 7. The third-order valence-corrected chi connectivity index (χ3v) is 4.51. The number of imidazole rings is 1. The summed E-state index contributed by atoms with van der Waals surface area (Å²) < 4.78 is 2.19. The molecule has 9 heteroatoms. The molecule has 2 aromatic rings. The van der Waals surface area contributed by atoms with Crippen molar-refractivity contribution in [1.82, 2.24) is 31.0 Å². The van der Waals surface area contributed by atoms with Crippen LogP contribution >= 0.6 is 0 Å². The highest BCUT2D eigenvalue weighted by Gasteiger charge is 2.26. The molecule has 5 N–H and O–H groups in total. The van der Waals surface area contributed by atoms with Gasteiger partial charge in [-0.3, -0.25) is 9.59 Å². The van der Waals surface area contributed by atoms with Gasteiger partial charge in [0, 0.05) is 25.4 Å². The van der Waals surface area contributed by atoms with Crippen LogP contribution in [0.1, 0.15) is 38.6 Å². The van der Waals surface area contributed by atoms with Crippen LogP contribution in [0.4, 0.5) is 0 Å². The number of hydrogen-bond donors (Lipinski definition) is 5. The van der Waals surface area contributed by atoms with Crippen molar-refractivity contribution in [2.45, 2.75) is 51.5 Å². The molecule has 146 valence electrons. The molecule has 0 spiro atoms. The number of fused-ring (bicyclic) bond motifs is 1. The molecule has 0 bridgehead atoms. The molecule has 0 radical (unpaired) electrons. The van der Waals surface area contributed by atoms with Gasteiger partial charge in [0.15, 0.2) is 6.35 Å². The molecule has 1 aromatic carbocycles. The van der Waals surface area contributed by atoms with Gasteiger partial charge in [-0.2, -0.15) is 0 Å². The van der Waals surface area contributed by atoms with E-state index in [9.17, 15) is 14.7 Å². The average molecular weight is 374 g/mol. The first kappa shape index (κ1) is 19.3. The van der Waals surface area contributed by atoms with Crippen molar-refractivity contribution in [3.8, 4) is 0 Å². The summed E-state index contributed by atoms with van der Waals surface area (Å²) >= 11 is 0. The van der Waals surface area contributed by atoms with Gasteiger partial charge in [0.25, 0.3) is 0 Å². The fourth-order valence-electron chi connectivity index (χ4n) is 3.24. The van der Waals surface area contributed by atoms with E-state index >= 15 is 0 Å². The summed E-state index contributed by atoms with van der Waals surface area (Å²) in [6.07, 6.45) is 0.0719. The van der Waals surface area contributed by atoms with Crippen LogP contribution in [0.25, 0.3) is 11.0 Å². The van der Waals surface area contributed by atoms with Crippen molar-refractivity contribution in [1.29, 1.82) is 0 Å².